The van der Waals surface area contributed by atoms with Gasteiger partial charge in [0.1, 0.15) is 6.04 Å². The molecule has 1 saturated carbocycles. The molecule has 0 radical (unpaired) electrons. The van der Waals surface area contributed by atoms with Gasteiger partial charge in [-0.1, -0.05) is 39.0 Å². The largest absolute Gasteiger partial charge is 0.468 e. The van der Waals surface area contributed by atoms with E-state index in [2.05, 4.69) is 12.2 Å². The van der Waals surface area contributed by atoms with Crippen LogP contribution in [0.5, 0.6) is 0 Å². The average Bonchev–Trinajstić information content (AvgIpc) is 2.34. The predicted octanol–water partition coefficient (Wildman–Crippen LogP) is 2.64. The van der Waals surface area contributed by atoms with Crippen molar-refractivity contribution in [1.82, 2.24) is 5.32 Å². The first kappa shape index (κ1) is 13.5. The van der Waals surface area contributed by atoms with Gasteiger partial charge in [-0.15, -0.1) is 0 Å². The van der Waals surface area contributed by atoms with Crippen molar-refractivity contribution in [3.63, 3.8) is 0 Å². The number of esters is 1. The zero-order valence-electron chi connectivity index (χ0n) is 10.6. The maximum absolute atomic E-state index is 11.6. The molecule has 1 aliphatic rings. The SMILES string of the molecule is CCCCC(NC1CCCCC1)C(=O)OC. The second-order valence-corrected chi connectivity index (χ2v) is 4.72. The van der Waals surface area contributed by atoms with Crippen molar-refractivity contribution in [2.45, 2.75) is 70.4 Å². The Hall–Kier alpha value is -0.570. The van der Waals surface area contributed by atoms with Crippen LogP contribution in [0.2, 0.25) is 0 Å². The fourth-order valence-electron chi connectivity index (χ4n) is 2.37. The minimum atomic E-state index is -0.0981. The van der Waals surface area contributed by atoms with E-state index in [0.717, 1.165) is 19.3 Å². The van der Waals surface area contributed by atoms with E-state index >= 15 is 0 Å². The zero-order chi connectivity index (χ0) is 11.8. The van der Waals surface area contributed by atoms with Crippen molar-refractivity contribution in [3.05, 3.63) is 0 Å². The molecule has 3 heteroatoms. The Morgan fingerprint density at radius 1 is 1.38 bits per heavy atom. The Morgan fingerprint density at radius 2 is 2.06 bits per heavy atom. The zero-order valence-corrected chi connectivity index (χ0v) is 10.6. The van der Waals surface area contributed by atoms with Gasteiger partial charge in [-0.3, -0.25) is 4.79 Å². The molecule has 0 aromatic rings. The van der Waals surface area contributed by atoms with Gasteiger partial charge in [-0.2, -0.15) is 0 Å². The van der Waals surface area contributed by atoms with Crippen molar-refractivity contribution in [2.75, 3.05) is 7.11 Å². The number of methoxy groups -OCH3 is 1. The molecule has 0 spiro atoms. The Morgan fingerprint density at radius 3 is 2.62 bits per heavy atom. The van der Waals surface area contributed by atoms with Gasteiger partial charge in [0.2, 0.25) is 0 Å². The van der Waals surface area contributed by atoms with E-state index < -0.39 is 0 Å². The summed E-state index contributed by atoms with van der Waals surface area (Å²) in [7, 11) is 1.48. The summed E-state index contributed by atoms with van der Waals surface area (Å²) in [4.78, 5) is 11.6. The third-order valence-corrected chi connectivity index (χ3v) is 3.37. The average molecular weight is 227 g/mol. The highest BCUT2D eigenvalue weighted by molar-refractivity contribution is 5.75. The predicted molar refractivity (Wildman–Crippen MR) is 65.3 cm³/mol. The maximum Gasteiger partial charge on any atom is 0.322 e. The van der Waals surface area contributed by atoms with Crippen LogP contribution in [0.15, 0.2) is 0 Å². The van der Waals surface area contributed by atoms with E-state index in [1.165, 1.54) is 39.2 Å². The smallest absolute Gasteiger partial charge is 0.322 e. The second kappa shape index (κ2) is 7.66. The molecular formula is C13H25NO2. The lowest BCUT2D eigenvalue weighted by molar-refractivity contribution is -0.143. The van der Waals surface area contributed by atoms with Crippen molar-refractivity contribution in [2.24, 2.45) is 0 Å². The van der Waals surface area contributed by atoms with Gasteiger partial charge < -0.3 is 10.1 Å². The first-order valence-electron chi connectivity index (χ1n) is 6.61. The van der Waals surface area contributed by atoms with E-state index in [-0.39, 0.29) is 12.0 Å². The fourth-order valence-corrected chi connectivity index (χ4v) is 2.37. The summed E-state index contributed by atoms with van der Waals surface area (Å²) in [6, 6.07) is 0.433. The second-order valence-electron chi connectivity index (χ2n) is 4.72. The number of hydrogen-bond acceptors (Lipinski definition) is 3. The molecule has 0 heterocycles. The van der Waals surface area contributed by atoms with E-state index in [4.69, 9.17) is 4.74 Å². The lowest BCUT2D eigenvalue weighted by atomic mass is 9.94. The third kappa shape index (κ3) is 4.52. The maximum atomic E-state index is 11.6. The highest BCUT2D eigenvalue weighted by Gasteiger charge is 2.23. The molecule has 0 aliphatic heterocycles. The van der Waals surface area contributed by atoms with Gasteiger partial charge >= 0.3 is 5.97 Å². The first-order valence-corrected chi connectivity index (χ1v) is 6.61. The van der Waals surface area contributed by atoms with Gasteiger partial charge in [0.05, 0.1) is 7.11 Å². The normalized spacial score (nSPS) is 19.4. The number of carbonyl (C=O) groups excluding carboxylic acids is 1. The summed E-state index contributed by atoms with van der Waals surface area (Å²) in [5, 5.41) is 3.47. The summed E-state index contributed by atoms with van der Waals surface area (Å²) in [6.07, 6.45) is 9.45. The van der Waals surface area contributed by atoms with Crippen LogP contribution in [0.25, 0.3) is 0 Å². The molecular weight excluding hydrogens is 202 g/mol. The monoisotopic (exact) mass is 227 g/mol. The number of unbranched alkanes of at least 4 members (excludes halogenated alkanes) is 1. The molecule has 1 unspecified atom stereocenters. The molecule has 0 aromatic carbocycles. The fraction of sp³-hybridized carbons (Fsp3) is 0.923. The topological polar surface area (TPSA) is 38.3 Å². The molecule has 94 valence electrons. The highest BCUT2D eigenvalue weighted by Crippen LogP contribution is 2.18. The van der Waals surface area contributed by atoms with E-state index in [9.17, 15) is 4.79 Å². The Balaban J connectivity index is 2.38. The summed E-state index contributed by atoms with van der Waals surface area (Å²) in [5.41, 5.74) is 0. The van der Waals surface area contributed by atoms with Crippen LogP contribution < -0.4 is 5.32 Å². The third-order valence-electron chi connectivity index (χ3n) is 3.37. The Bertz CT molecular complexity index is 200. The summed E-state index contributed by atoms with van der Waals surface area (Å²) >= 11 is 0. The molecule has 1 rings (SSSR count). The minimum Gasteiger partial charge on any atom is -0.468 e. The van der Waals surface area contributed by atoms with Crippen LogP contribution in [0, 0.1) is 0 Å². The van der Waals surface area contributed by atoms with E-state index in [1.807, 2.05) is 0 Å². The number of carbonyl (C=O) groups is 1. The summed E-state index contributed by atoms with van der Waals surface area (Å²) in [5.74, 6) is -0.0981. The lowest BCUT2D eigenvalue weighted by Gasteiger charge is -2.27. The van der Waals surface area contributed by atoms with Crippen LogP contribution in [0.1, 0.15) is 58.3 Å². The van der Waals surface area contributed by atoms with Crippen LogP contribution in [0.4, 0.5) is 0 Å². The van der Waals surface area contributed by atoms with E-state index in [0.29, 0.717) is 6.04 Å². The number of hydrogen-bond donors (Lipinski definition) is 1. The first-order chi connectivity index (χ1) is 7.77. The molecule has 0 aromatic heterocycles. The lowest BCUT2D eigenvalue weighted by Crippen LogP contribution is -2.44. The van der Waals surface area contributed by atoms with Gasteiger partial charge in [-0.05, 0) is 19.3 Å². The van der Waals surface area contributed by atoms with Crippen molar-refractivity contribution in [1.29, 1.82) is 0 Å². The quantitative estimate of drug-likeness (QED) is 0.709. The number of ether oxygens (including phenoxy) is 1. The van der Waals surface area contributed by atoms with Crippen molar-refractivity contribution in [3.8, 4) is 0 Å². The molecule has 0 bridgehead atoms. The van der Waals surface area contributed by atoms with Crippen molar-refractivity contribution < 1.29 is 9.53 Å². The van der Waals surface area contributed by atoms with Crippen LogP contribution in [-0.4, -0.2) is 25.2 Å². The van der Waals surface area contributed by atoms with Gasteiger partial charge in [-0.25, -0.2) is 0 Å². The molecule has 3 nitrogen and oxygen atoms in total. The number of rotatable bonds is 6. The van der Waals surface area contributed by atoms with Gasteiger partial charge in [0.25, 0.3) is 0 Å². The minimum absolute atomic E-state index is 0.0898. The molecule has 0 saturated heterocycles. The van der Waals surface area contributed by atoms with E-state index in [1.54, 1.807) is 0 Å². The molecule has 1 atom stereocenters. The molecule has 0 amide bonds. The summed E-state index contributed by atoms with van der Waals surface area (Å²) < 4.78 is 4.85. The summed E-state index contributed by atoms with van der Waals surface area (Å²) in [6.45, 7) is 2.15. The van der Waals surface area contributed by atoms with Crippen LogP contribution >= 0.6 is 0 Å². The Kier molecular flexibility index (Phi) is 6.46. The molecule has 1 fully saturated rings. The highest BCUT2D eigenvalue weighted by atomic mass is 16.5. The van der Waals surface area contributed by atoms with Gasteiger partial charge in [0.15, 0.2) is 0 Å². The molecule has 1 N–H and O–H groups in total. The molecule has 1 aliphatic carbocycles. The standard InChI is InChI=1S/C13H25NO2/c1-3-4-10-12(13(15)16-2)14-11-8-6-5-7-9-11/h11-12,14H,3-10H2,1-2H3. The Labute approximate surface area is 98.9 Å². The number of nitrogens with one attached hydrogen (secondary N) is 1. The van der Waals surface area contributed by atoms with Crippen molar-refractivity contribution >= 4 is 5.97 Å². The molecule has 16 heavy (non-hydrogen) atoms. The van der Waals surface area contributed by atoms with Crippen LogP contribution in [0.3, 0.4) is 0 Å². The van der Waals surface area contributed by atoms with Crippen LogP contribution in [-0.2, 0) is 9.53 Å². The van der Waals surface area contributed by atoms with Gasteiger partial charge in [0, 0.05) is 6.04 Å².